The lowest BCUT2D eigenvalue weighted by Gasteiger charge is -2.36. The zero-order chi connectivity index (χ0) is 14.8. The fourth-order valence-corrected chi connectivity index (χ4v) is 3.74. The maximum absolute atomic E-state index is 13.6. The first-order valence-corrected chi connectivity index (χ1v) is 8.35. The van der Waals surface area contributed by atoms with Gasteiger partial charge in [-0.3, -0.25) is 0 Å². The normalized spacial score (nSPS) is 29.6. The average Bonchev–Trinajstić information content (AvgIpc) is 3.28. The minimum atomic E-state index is -0.447. The predicted molar refractivity (Wildman–Crippen MR) is 81.2 cm³/mol. The van der Waals surface area contributed by atoms with Gasteiger partial charge in [0, 0.05) is 12.1 Å². The van der Waals surface area contributed by atoms with E-state index in [9.17, 15) is 8.78 Å². The van der Waals surface area contributed by atoms with Gasteiger partial charge in [0.15, 0.2) is 0 Å². The van der Waals surface area contributed by atoms with Crippen LogP contribution in [0.15, 0.2) is 18.2 Å². The van der Waals surface area contributed by atoms with E-state index >= 15 is 0 Å². The minimum Gasteiger partial charge on any atom is -0.314 e. The summed E-state index contributed by atoms with van der Waals surface area (Å²) < 4.78 is 27.1. The first-order chi connectivity index (χ1) is 10.2. The fourth-order valence-electron chi connectivity index (χ4n) is 3.74. The lowest BCUT2D eigenvalue weighted by Crippen LogP contribution is -2.33. The second-order valence-electron chi connectivity index (χ2n) is 6.84. The van der Waals surface area contributed by atoms with Crippen molar-refractivity contribution in [2.45, 2.75) is 57.4 Å². The van der Waals surface area contributed by atoms with Crippen LogP contribution in [0.25, 0.3) is 0 Å². The monoisotopic (exact) mass is 293 g/mol. The number of hydrogen-bond acceptors (Lipinski definition) is 1. The summed E-state index contributed by atoms with van der Waals surface area (Å²) >= 11 is 0. The van der Waals surface area contributed by atoms with Gasteiger partial charge in [-0.15, -0.1) is 0 Å². The third-order valence-corrected chi connectivity index (χ3v) is 5.24. The Morgan fingerprint density at radius 2 is 1.76 bits per heavy atom. The van der Waals surface area contributed by atoms with E-state index in [-0.39, 0.29) is 0 Å². The van der Waals surface area contributed by atoms with Crippen molar-refractivity contribution in [3.05, 3.63) is 35.4 Å². The summed E-state index contributed by atoms with van der Waals surface area (Å²) in [6.45, 7) is 3.21. The lowest BCUT2D eigenvalue weighted by molar-refractivity contribution is 0.224. The van der Waals surface area contributed by atoms with E-state index in [2.05, 4.69) is 12.2 Å². The van der Waals surface area contributed by atoms with Gasteiger partial charge in [-0.25, -0.2) is 8.78 Å². The van der Waals surface area contributed by atoms with Crippen LogP contribution in [0.2, 0.25) is 0 Å². The molecule has 0 aromatic heterocycles. The maximum Gasteiger partial charge on any atom is 0.126 e. The lowest BCUT2D eigenvalue weighted by atomic mass is 9.70. The number of halogens is 2. The summed E-state index contributed by atoms with van der Waals surface area (Å²) in [5, 5.41) is 3.60. The van der Waals surface area contributed by atoms with Crippen LogP contribution in [0, 0.1) is 23.5 Å². The van der Waals surface area contributed by atoms with Gasteiger partial charge in [-0.2, -0.15) is 0 Å². The molecule has 2 fully saturated rings. The van der Waals surface area contributed by atoms with Crippen molar-refractivity contribution in [2.75, 3.05) is 6.54 Å². The quantitative estimate of drug-likeness (QED) is 0.835. The van der Waals surface area contributed by atoms with Gasteiger partial charge in [-0.1, -0.05) is 19.8 Å². The molecule has 3 unspecified atom stereocenters. The Labute approximate surface area is 126 Å². The standard InChI is InChI=1S/C18H25F2N/c1-2-12-3-4-13(11-21-17-5-6-17)18(7-12)14-8-15(19)10-16(20)9-14/h8-10,12-13,17-18,21H,2-7,11H2,1H3. The Hall–Kier alpha value is -0.960. The Bertz CT molecular complexity index is 464. The van der Waals surface area contributed by atoms with Crippen LogP contribution in [-0.4, -0.2) is 12.6 Å². The molecule has 0 bridgehead atoms. The van der Waals surface area contributed by atoms with Gasteiger partial charge in [0.05, 0.1) is 0 Å². The first kappa shape index (κ1) is 15.0. The van der Waals surface area contributed by atoms with E-state index in [0.717, 1.165) is 31.0 Å². The molecule has 116 valence electrons. The maximum atomic E-state index is 13.6. The molecule has 1 nitrogen and oxygen atoms in total. The third-order valence-electron chi connectivity index (χ3n) is 5.24. The van der Waals surface area contributed by atoms with Gasteiger partial charge >= 0.3 is 0 Å². The molecule has 3 rings (SSSR count). The molecule has 2 aliphatic carbocycles. The van der Waals surface area contributed by atoms with Crippen molar-refractivity contribution in [1.29, 1.82) is 0 Å². The molecular formula is C18H25F2N. The van der Waals surface area contributed by atoms with Crippen LogP contribution < -0.4 is 5.32 Å². The van der Waals surface area contributed by atoms with Crippen molar-refractivity contribution in [1.82, 2.24) is 5.32 Å². The van der Waals surface area contributed by atoms with E-state index in [0.29, 0.717) is 23.8 Å². The van der Waals surface area contributed by atoms with Crippen molar-refractivity contribution >= 4 is 0 Å². The molecule has 0 aliphatic heterocycles. The number of rotatable bonds is 5. The van der Waals surface area contributed by atoms with Crippen molar-refractivity contribution in [2.24, 2.45) is 11.8 Å². The molecule has 2 aliphatic rings. The van der Waals surface area contributed by atoms with Gasteiger partial charge in [0.2, 0.25) is 0 Å². The summed E-state index contributed by atoms with van der Waals surface area (Å²) in [6, 6.07) is 4.74. The number of hydrogen-bond donors (Lipinski definition) is 1. The van der Waals surface area contributed by atoms with Crippen LogP contribution >= 0.6 is 0 Å². The van der Waals surface area contributed by atoms with Crippen LogP contribution in [0.4, 0.5) is 8.78 Å². The van der Waals surface area contributed by atoms with Crippen molar-refractivity contribution < 1.29 is 8.78 Å². The smallest absolute Gasteiger partial charge is 0.126 e. The van der Waals surface area contributed by atoms with E-state index < -0.39 is 11.6 Å². The van der Waals surface area contributed by atoms with Gasteiger partial charge in [-0.05, 0) is 67.7 Å². The fraction of sp³-hybridized carbons (Fsp3) is 0.667. The summed E-state index contributed by atoms with van der Waals surface area (Å²) in [5.74, 6) is 0.600. The highest BCUT2D eigenvalue weighted by Gasteiger charge is 2.32. The summed E-state index contributed by atoms with van der Waals surface area (Å²) in [4.78, 5) is 0. The van der Waals surface area contributed by atoms with Gasteiger partial charge in [0.1, 0.15) is 11.6 Å². The molecule has 0 saturated heterocycles. The van der Waals surface area contributed by atoms with Crippen molar-refractivity contribution in [3.8, 4) is 0 Å². The molecule has 0 heterocycles. The summed E-state index contributed by atoms with van der Waals surface area (Å²) in [6.07, 6.45) is 7.21. The molecule has 3 atom stereocenters. The molecule has 1 aromatic rings. The Kier molecular flexibility index (Phi) is 4.58. The van der Waals surface area contributed by atoms with E-state index in [1.165, 1.54) is 37.8 Å². The second-order valence-corrected chi connectivity index (χ2v) is 6.84. The molecule has 2 saturated carbocycles. The average molecular weight is 293 g/mol. The summed E-state index contributed by atoms with van der Waals surface area (Å²) in [7, 11) is 0. The van der Waals surface area contributed by atoms with Crippen molar-refractivity contribution in [3.63, 3.8) is 0 Å². The van der Waals surface area contributed by atoms with Crippen LogP contribution in [0.3, 0.4) is 0 Å². The van der Waals surface area contributed by atoms with Crippen LogP contribution in [-0.2, 0) is 0 Å². The largest absolute Gasteiger partial charge is 0.314 e. The third kappa shape index (κ3) is 3.82. The molecule has 0 spiro atoms. The Balaban J connectivity index is 1.77. The Morgan fingerprint density at radius 1 is 1.05 bits per heavy atom. The molecule has 0 amide bonds. The zero-order valence-electron chi connectivity index (χ0n) is 12.7. The van der Waals surface area contributed by atoms with E-state index in [4.69, 9.17) is 0 Å². The van der Waals surface area contributed by atoms with Crippen LogP contribution in [0.1, 0.15) is 56.9 Å². The topological polar surface area (TPSA) is 12.0 Å². The van der Waals surface area contributed by atoms with E-state index in [1.54, 1.807) is 0 Å². The highest BCUT2D eigenvalue weighted by molar-refractivity contribution is 5.23. The predicted octanol–water partition coefficient (Wildman–Crippen LogP) is 4.63. The number of nitrogens with one attached hydrogen (secondary N) is 1. The molecule has 1 N–H and O–H groups in total. The molecule has 21 heavy (non-hydrogen) atoms. The second kappa shape index (κ2) is 6.43. The highest BCUT2D eigenvalue weighted by Crippen LogP contribution is 2.42. The van der Waals surface area contributed by atoms with Gasteiger partial charge < -0.3 is 5.32 Å². The molecule has 3 heteroatoms. The van der Waals surface area contributed by atoms with Crippen LogP contribution in [0.5, 0.6) is 0 Å². The first-order valence-electron chi connectivity index (χ1n) is 8.35. The zero-order valence-corrected chi connectivity index (χ0v) is 12.7. The Morgan fingerprint density at radius 3 is 2.38 bits per heavy atom. The minimum absolute atomic E-state index is 0.292. The molecular weight excluding hydrogens is 268 g/mol. The molecule has 1 aromatic carbocycles. The SMILES string of the molecule is CCC1CCC(CNC2CC2)C(c2cc(F)cc(F)c2)C1. The van der Waals surface area contributed by atoms with E-state index in [1.807, 2.05) is 0 Å². The molecule has 0 radical (unpaired) electrons. The highest BCUT2D eigenvalue weighted by atomic mass is 19.1. The summed E-state index contributed by atoms with van der Waals surface area (Å²) in [5.41, 5.74) is 0.855. The van der Waals surface area contributed by atoms with Gasteiger partial charge in [0.25, 0.3) is 0 Å². The number of benzene rings is 1.